The van der Waals surface area contributed by atoms with Crippen LogP contribution in [0.1, 0.15) is 6.92 Å². The predicted molar refractivity (Wildman–Crippen MR) is 84.7 cm³/mol. The Balaban J connectivity index is 1.74. The van der Waals surface area contributed by atoms with Crippen LogP contribution in [0, 0.1) is 0 Å². The Morgan fingerprint density at radius 1 is 1.39 bits per heavy atom. The summed E-state index contributed by atoms with van der Waals surface area (Å²) in [5.74, 6) is -0.269. The van der Waals surface area contributed by atoms with Crippen LogP contribution in [0.4, 0.5) is 0 Å². The third-order valence-corrected chi connectivity index (χ3v) is 4.17. The fourth-order valence-corrected chi connectivity index (χ4v) is 2.87. The Morgan fingerprint density at radius 3 is 2.96 bits per heavy atom. The quantitative estimate of drug-likeness (QED) is 0.889. The second-order valence-corrected chi connectivity index (χ2v) is 5.83. The zero-order chi connectivity index (χ0) is 16.4. The first kappa shape index (κ1) is 15.5. The first-order valence-electron chi connectivity index (χ1n) is 7.57. The van der Waals surface area contributed by atoms with E-state index in [9.17, 15) is 9.59 Å². The molecular formula is C16H20N4O3. The van der Waals surface area contributed by atoms with Crippen molar-refractivity contribution in [1.82, 2.24) is 19.8 Å². The van der Waals surface area contributed by atoms with Gasteiger partial charge in [-0.15, -0.1) is 0 Å². The lowest BCUT2D eigenvalue weighted by atomic mass is 10.0. The number of fused-ring (bicyclic) bond motifs is 1. The Hall–Kier alpha value is -2.41. The molecular weight excluding hydrogens is 296 g/mol. The van der Waals surface area contributed by atoms with Crippen molar-refractivity contribution < 1.29 is 14.3 Å². The number of carbonyl (C=O) groups excluding carboxylic acids is 2. The molecule has 2 aromatic rings. The summed E-state index contributed by atoms with van der Waals surface area (Å²) >= 11 is 0. The van der Waals surface area contributed by atoms with Crippen LogP contribution in [0.25, 0.3) is 11.0 Å². The fraction of sp³-hybridized carbons (Fsp3) is 0.438. The van der Waals surface area contributed by atoms with Gasteiger partial charge in [-0.05, 0) is 19.1 Å². The number of morpholine rings is 1. The van der Waals surface area contributed by atoms with Gasteiger partial charge in [0.05, 0.1) is 30.5 Å². The van der Waals surface area contributed by atoms with E-state index in [-0.39, 0.29) is 24.9 Å². The highest BCUT2D eigenvalue weighted by molar-refractivity contribution is 5.86. The van der Waals surface area contributed by atoms with Crippen LogP contribution in [0.2, 0.25) is 0 Å². The lowest BCUT2D eigenvalue weighted by Gasteiger charge is -2.39. The average Bonchev–Trinajstić information content (AvgIpc) is 2.97. The van der Waals surface area contributed by atoms with Crippen LogP contribution in [0.5, 0.6) is 0 Å². The van der Waals surface area contributed by atoms with Gasteiger partial charge in [-0.3, -0.25) is 9.59 Å². The largest absolute Gasteiger partial charge is 0.362 e. The van der Waals surface area contributed by atoms with Crippen LogP contribution in [-0.2, 0) is 20.9 Å². The molecule has 3 rings (SSSR count). The second kappa shape index (κ2) is 6.00. The van der Waals surface area contributed by atoms with E-state index in [0.29, 0.717) is 13.2 Å². The van der Waals surface area contributed by atoms with E-state index < -0.39 is 5.60 Å². The molecule has 1 aromatic carbocycles. The number of aromatic nitrogens is 2. The van der Waals surface area contributed by atoms with Crippen molar-refractivity contribution in [3.05, 3.63) is 30.6 Å². The van der Waals surface area contributed by atoms with E-state index in [4.69, 9.17) is 4.74 Å². The smallest absolute Gasteiger partial charge is 0.253 e. The van der Waals surface area contributed by atoms with Gasteiger partial charge in [0, 0.05) is 13.6 Å². The minimum Gasteiger partial charge on any atom is -0.362 e. The summed E-state index contributed by atoms with van der Waals surface area (Å²) in [6.07, 6.45) is 1.67. The molecule has 1 saturated heterocycles. The molecule has 1 atom stereocenters. The Kier molecular flexibility index (Phi) is 4.04. The normalized spacial score (nSPS) is 21.4. The topological polar surface area (TPSA) is 76.5 Å². The number of benzene rings is 1. The molecule has 0 radical (unpaired) electrons. The third kappa shape index (κ3) is 2.92. The monoisotopic (exact) mass is 316 g/mol. The van der Waals surface area contributed by atoms with E-state index in [1.807, 2.05) is 28.8 Å². The van der Waals surface area contributed by atoms with Crippen LogP contribution in [0.15, 0.2) is 30.6 Å². The summed E-state index contributed by atoms with van der Waals surface area (Å²) in [5.41, 5.74) is 0.778. The maximum absolute atomic E-state index is 12.6. The third-order valence-electron chi connectivity index (χ3n) is 4.17. The number of rotatable bonds is 3. The summed E-state index contributed by atoms with van der Waals surface area (Å²) in [5, 5.41) is 2.59. The second-order valence-electron chi connectivity index (χ2n) is 5.83. The molecule has 1 unspecified atom stereocenters. The van der Waals surface area contributed by atoms with Gasteiger partial charge in [0.15, 0.2) is 5.60 Å². The summed E-state index contributed by atoms with van der Waals surface area (Å²) in [4.78, 5) is 30.5. The van der Waals surface area contributed by atoms with Gasteiger partial charge in [0.2, 0.25) is 5.91 Å². The molecule has 23 heavy (non-hydrogen) atoms. The van der Waals surface area contributed by atoms with Crippen LogP contribution in [0.3, 0.4) is 0 Å². The Morgan fingerprint density at radius 2 is 2.17 bits per heavy atom. The zero-order valence-electron chi connectivity index (χ0n) is 13.3. The number of likely N-dealkylation sites (N-methyl/N-ethyl adjacent to an activating group) is 1. The van der Waals surface area contributed by atoms with Gasteiger partial charge in [0.25, 0.3) is 5.91 Å². The summed E-state index contributed by atoms with van der Waals surface area (Å²) in [6, 6.07) is 7.68. The molecule has 1 aromatic heterocycles. The minimum absolute atomic E-state index is 0.0495. The van der Waals surface area contributed by atoms with Crippen LogP contribution < -0.4 is 5.32 Å². The van der Waals surface area contributed by atoms with E-state index in [1.165, 1.54) is 0 Å². The molecule has 0 spiro atoms. The predicted octanol–water partition coefficient (Wildman–Crippen LogP) is 0.400. The molecule has 1 aliphatic rings. The summed E-state index contributed by atoms with van der Waals surface area (Å²) < 4.78 is 7.40. The van der Waals surface area contributed by atoms with Crippen molar-refractivity contribution >= 4 is 22.8 Å². The van der Waals surface area contributed by atoms with E-state index >= 15 is 0 Å². The molecule has 7 nitrogen and oxygen atoms in total. The van der Waals surface area contributed by atoms with Crippen molar-refractivity contribution in [2.24, 2.45) is 0 Å². The van der Waals surface area contributed by atoms with Crippen molar-refractivity contribution in [1.29, 1.82) is 0 Å². The molecule has 122 valence electrons. The lowest BCUT2D eigenvalue weighted by Crippen LogP contribution is -2.59. The van der Waals surface area contributed by atoms with Crippen LogP contribution >= 0.6 is 0 Å². The standard InChI is InChI=1S/C16H20N4O3/c1-16(15(22)17-2)10-19(7-8-23-16)14(21)9-20-11-18-12-5-3-4-6-13(12)20/h3-6,11H,7-10H2,1-2H3,(H,17,22). The van der Waals surface area contributed by atoms with Crippen molar-refractivity contribution in [3.8, 4) is 0 Å². The molecule has 2 amide bonds. The number of carbonyl (C=O) groups is 2. The highest BCUT2D eigenvalue weighted by Crippen LogP contribution is 2.19. The number of hydrogen-bond donors (Lipinski definition) is 1. The number of nitrogens with one attached hydrogen (secondary N) is 1. The van der Waals surface area contributed by atoms with Crippen molar-refractivity contribution in [3.63, 3.8) is 0 Å². The maximum Gasteiger partial charge on any atom is 0.253 e. The molecule has 2 heterocycles. The highest BCUT2D eigenvalue weighted by Gasteiger charge is 2.40. The van der Waals surface area contributed by atoms with Gasteiger partial charge < -0.3 is 19.5 Å². The van der Waals surface area contributed by atoms with E-state index in [1.54, 1.807) is 25.2 Å². The number of hydrogen-bond acceptors (Lipinski definition) is 4. The first-order valence-corrected chi connectivity index (χ1v) is 7.57. The molecule has 0 bridgehead atoms. The van der Waals surface area contributed by atoms with Crippen molar-refractivity contribution in [2.45, 2.75) is 19.1 Å². The lowest BCUT2D eigenvalue weighted by molar-refractivity contribution is -0.162. The zero-order valence-corrected chi connectivity index (χ0v) is 13.3. The Labute approximate surface area is 134 Å². The summed E-state index contributed by atoms with van der Waals surface area (Å²) in [6.45, 7) is 2.98. The number of imidazole rings is 1. The first-order chi connectivity index (χ1) is 11.0. The summed E-state index contributed by atoms with van der Waals surface area (Å²) in [7, 11) is 1.56. The van der Waals surface area contributed by atoms with Crippen LogP contribution in [-0.4, -0.2) is 58.6 Å². The van der Waals surface area contributed by atoms with E-state index in [2.05, 4.69) is 10.3 Å². The fourth-order valence-electron chi connectivity index (χ4n) is 2.87. The molecule has 7 heteroatoms. The molecule has 0 saturated carbocycles. The number of ether oxygens (including phenoxy) is 1. The molecule has 1 fully saturated rings. The van der Waals surface area contributed by atoms with Gasteiger partial charge in [-0.1, -0.05) is 12.1 Å². The van der Waals surface area contributed by atoms with Crippen molar-refractivity contribution in [2.75, 3.05) is 26.7 Å². The molecule has 0 aliphatic carbocycles. The average molecular weight is 316 g/mol. The van der Waals surface area contributed by atoms with Gasteiger partial charge >= 0.3 is 0 Å². The molecule has 1 aliphatic heterocycles. The highest BCUT2D eigenvalue weighted by atomic mass is 16.5. The molecule has 1 N–H and O–H groups in total. The number of amides is 2. The maximum atomic E-state index is 12.6. The van der Waals surface area contributed by atoms with Gasteiger partial charge in [-0.2, -0.15) is 0 Å². The minimum atomic E-state index is -1.00. The SMILES string of the molecule is CNC(=O)C1(C)CN(C(=O)Cn2cnc3ccccc32)CCO1. The van der Waals surface area contributed by atoms with E-state index in [0.717, 1.165) is 11.0 Å². The number of nitrogens with zero attached hydrogens (tertiary/aromatic N) is 3. The Bertz CT molecular complexity index is 742. The number of para-hydroxylation sites is 2. The van der Waals surface area contributed by atoms with Gasteiger partial charge in [-0.25, -0.2) is 4.98 Å². The van der Waals surface area contributed by atoms with Gasteiger partial charge in [0.1, 0.15) is 6.54 Å².